The Labute approximate surface area is 197 Å². The summed E-state index contributed by atoms with van der Waals surface area (Å²) in [6, 6.07) is 15.7. The van der Waals surface area contributed by atoms with E-state index in [0.717, 1.165) is 17.0 Å². The monoisotopic (exact) mass is 459 g/mol. The zero-order valence-corrected chi connectivity index (χ0v) is 19.2. The Hall–Kier alpha value is -3.91. The van der Waals surface area contributed by atoms with E-state index in [2.05, 4.69) is 24.4 Å². The fraction of sp³-hybridized carbons (Fsp3) is 0.231. The maximum absolute atomic E-state index is 13.3. The van der Waals surface area contributed by atoms with Crippen molar-refractivity contribution < 1.29 is 13.9 Å². The van der Waals surface area contributed by atoms with E-state index in [1.165, 1.54) is 19.2 Å². The summed E-state index contributed by atoms with van der Waals surface area (Å²) < 4.78 is 20.3. The van der Waals surface area contributed by atoms with E-state index < -0.39 is 5.97 Å². The first-order chi connectivity index (χ1) is 16.5. The molecular formula is C26H26FN5O2. The zero-order valence-electron chi connectivity index (χ0n) is 19.2. The lowest BCUT2D eigenvalue weighted by molar-refractivity contribution is 0.0600. The molecule has 34 heavy (non-hydrogen) atoms. The molecule has 0 unspecified atom stereocenters. The maximum atomic E-state index is 13.3. The normalized spacial score (nSPS) is 11.1. The second-order valence-electron chi connectivity index (χ2n) is 8.02. The number of nitrogens with zero attached hydrogens (tertiary/aromatic N) is 5. The van der Waals surface area contributed by atoms with Gasteiger partial charge in [-0.15, -0.1) is 0 Å². The van der Waals surface area contributed by atoms with Crippen LogP contribution >= 0.6 is 0 Å². The molecule has 0 amide bonds. The number of aromatic nitrogens is 4. The van der Waals surface area contributed by atoms with Gasteiger partial charge >= 0.3 is 5.97 Å². The van der Waals surface area contributed by atoms with Crippen molar-refractivity contribution in [2.45, 2.75) is 26.1 Å². The number of aryl methyl sites for hydroxylation is 1. The van der Waals surface area contributed by atoms with E-state index in [-0.39, 0.29) is 5.82 Å². The van der Waals surface area contributed by atoms with Crippen LogP contribution in [0.4, 0.5) is 4.39 Å². The Bertz CT molecular complexity index is 1240. The van der Waals surface area contributed by atoms with Crippen molar-refractivity contribution >= 4 is 5.97 Å². The van der Waals surface area contributed by atoms with Crippen LogP contribution in [0.25, 0.3) is 11.5 Å². The molecule has 3 heterocycles. The summed E-state index contributed by atoms with van der Waals surface area (Å²) in [4.78, 5) is 27.7. The second-order valence-corrected chi connectivity index (χ2v) is 8.02. The van der Waals surface area contributed by atoms with Gasteiger partial charge in [-0.05, 0) is 55.4 Å². The first kappa shape index (κ1) is 23.3. The average Bonchev–Trinajstić information content (AvgIpc) is 3.26. The molecule has 4 aromatic rings. The molecule has 174 valence electrons. The number of carbonyl (C=O) groups excluding carboxylic acids is 1. The first-order valence-electron chi connectivity index (χ1n) is 11.0. The number of pyridine rings is 2. The Kier molecular flexibility index (Phi) is 7.39. The Morgan fingerprint density at radius 2 is 1.85 bits per heavy atom. The Morgan fingerprint density at radius 1 is 1.03 bits per heavy atom. The molecule has 8 heteroatoms. The summed E-state index contributed by atoms with van der Waals surface area (Å²) >= 11 is 0. The van der Waals surface area contributed by atoms with Gasteiger partial charge in [0, 0.05) is 32.0 Å². The predicted octanol–water partition coefficient (Wildman–Crippen LogP) is 4.14. The van der Waals surface area contributed by atoms with Crippen LogP contribution in [0.2, 0.25) is 0 Å². The fourth-order valence-corrected chi connectivity index (χ4v) is 3.78. The van der Waals surface area contributed by atoms with Gasteiger partial charge in [-0.1, -0.05) is 18.2 Å². The number of carbonyl (C=O) groups is 1. The summed E-state index contributed by atoms with van der Waals surface area (Å²) in [5.41, 5.74) is 4.00. The summed E-state index contributed by atoms with van der Waals surface area (Å²) in [6.07, 6.45) is 5.89. The van der Waals surface area contributed by atoms with Crippen LogP contribution in [0.3, 0.4) is 0 Å². The molecule has 0 saturated carbocycles. The molecule has 0 N–H and O–H groups in total. The molecule has 4 rings (SSSR count). The molecule has 0 radical (unpaired) electrons. The molecule has 0 spiro atoms. The molecule has 7 nitrogen and oxygen atoms in total. The highest BCUT2D eigenvalue weighted by molar-refractivity contribution is 5.90. The maximum Gasteiger partial charge on any atom is 0.337 e. The summed E-state index contributed by atoms with van der Waals surface area (Å²) in [6.45, 7) is 1.96. The lowest BCUT2D eigenvalue weighted by Gasteiger charge is -2.18. The van der Waals surface area contributed by atoms with Crippen molar-refractivity contribution in [1.82, 2.24) is 24.4 Å². The van der Waals surface area contributed by atoms with Gasteiger partial charge < -0.3 is 9.30 Å². The highest BCUT2D eigenvalue weighted by Gasteiger charge is 2.17. The van der Waals surface area contributed by atoms with Gasteiger partial charge in [-0.2, -0.15) is 0 Å². The van der Waals surface area contributed by atoms with E-state index in [0.29, 0.717) is 43.1 Å². The third-order valence-corrected chi connectivity index (χ3v) is 5.48. The van der Waals surface area contributed by atoms with E-state index in [1.807, 2.05) is 31.4 Å². The molecule has 0 fully saturated rings. The Morgan fingerprint density at radius 3 is 2.59 bits per heavy atom. The van der Waals surface area contributed by atoms with Crippen LogP contribution in [-0.2, 0) is 30.8 Å². The number of methoxy groups -OCH3 is 1. The molecule has 0 aliphatic rings. The minimum Gasteiger partial charge on any atom is -0.465 e. The van der Waals surface area contributed by atoms with Crippen molar-refractivity contribution in [2.75, 3.05) is 14.2 Å². The van der Waals surface area contributed by atoms with Crippen LogP contribution in [0.15, 0.2) is 73.2 Å². The van der Waals surface area contributed by atoms with Crippen molar-refractivity contribution in [1.29, 1.82) is 0 Å². The zero-order chi connectivity index (χ0) is 23.9. The van der Waals surface area contributed by atoms with Crippen molar-refractivity contribution in [3.05, 3.63) is 102 Å². The minimum absolute atomic E-state index is 0.257. The third kappa shape index (κ3) is 5.71. The number of hydrogen-bond donors (Lipinski definition) is 0. The second kappa shape index (κ2) is 10.8. The van der Waals surface area contributed by atoms with Crippen LogP contribution in [0.5, 0.6) is 0 Å². The van der Waals surface area contributed by atoms with Gasteiger partial charge in [0.25, 0.3) is 0 Å². The molecular weight excluding hydrogens is 433 g/mol. The van der Waals surface area contributed by atoms with E-state index in [9.17, 15) is 9.18 Å². The van der Waals surface area contributed by atoms with E-state index in [1.54, 1.807) is 36.7 Å². The standard InChI is InChI=1S/C26H26FN5O2/c1-31(17-22-5-3-4-12-28-22)18-23-16-30-25(24-15-20(10-13-29-24)26(33)34-2)32(23)14-11-19-6-8-21(27)9-7-19/h3-10,12-13,15-16H,11,14,17-18H2,1-2H3. The number of ether oxygens (including phenoxy) is 1. The quantitative estimate of drug-likeness (QED) is 0.350. The van der Waals surface area contributed by atoms with Gasteiger partial charge in [-0.3, -0.25) is 14.9 Å². The van der Waals surface area contributed by atoms with Crippen LogP contribution in [-0.4, -0.2) is 44.5 Å². The van der Waals surface area contributed by atoms with Crippen molar-refractivity contribution in [3.63, 3.8) is 0 Å². The number of benzene rings is 1. The lowest BCUT2D eigenvalue weighted by atomic mass is 10.1. The third-order valence-electron chi connectivity index (χ3n) is 5.48. The summed E-state index contributed by atoms with van der Waals surface area (Å²) in [7, 11) is 3.38. The summed E-state index contributed by atoms with van der Waals surface area (Å²) in [5, 5.41) is 0. The minimum atomic E-state index is -0.427. The largest absolute Gasteiger partial charge is 0.465 e. The highest BCUT2D eigenvalue weighted by atomic mass is 19.1. The number of rotatable bonds is 9. The van der Waals surface area contributed by atoms with Gasteiger partial charge in [-0.25, -0.2) is 14.2 Å². The molecule has 3 aromatic heterocycles. The number of hydrogen-bond acceptors (Lipinski definition) is 6. The highest BCUT2D eigenvalue weighted by Crippen LogP contribution is 2.21. The molecule has 0 atom stereocenters. The van der Waals surface area contributed by atoms with E-state index in [4.69, 9.17) is 4.74 Å². The molecule has 1 aromatic carbocycles. The first-order valence-corrected chi connectivity index (χ1v) is 11.0. The summed E-state index contributed by atoms with van der Waals surface area (Å²) in [5.74, 6) is -0.0229. The van der Waals surface area contributed by atoms with Gasteiger partial charge in [0.2, 0.25) is 0 Å². The molecule has 0 saturated heterocycles. The molecule has 0 aliphatic heterocycles. The average molecular weight is 460 g/mol. The number of halogens is 1. The fourth-order valence-electron chi connectivity index (χ4n) is 3.78. The topological polar surface area (TPSA) is 73.1 Å². The lowest BCUT2D eigenvalue weighted by Crippen LogP contribution is -2.20. The van der Waals surface area contributed by atoms with Crippen molar-refractivity contribution in [3.8, 4) is 11.5 Å². The number of esters is 1. The van der Waals surface area contributed by atoms with Crippen molar-refractivity contribution in [2.24, 2.45) is 0 Å². The van der Waals surface area contributed by atoms with Gasteiger partial charge in [0.05, 0.1) is 30.3 Å². The van der Waals surface area contributed by atoms with Gasteiger partial charge in [0.1, 0.15) is 11.5 Å². The predicted molar refractivity (Wildman–Crippen MR) is 126 cm³/mol. The van der Waals surface area contributed by atoms with Crippen LogP contribution < -0.4 is 0 Å². The Balaban J connectivity index is 1.62. The number of imidazole rings is 1. The SMILES string of the molecule is COC(=O)c1ccnc(-c2ncc(CN(C)Cc3ccccn3)n2CCc2ccc(F)cc2)c1. The smallest absolute Gasteiger partial charge is 0.337 e. The molecule has 0 aliphatic carbocycles. The van der Waals surface area contributed by atoms with E-state index >= 15 is 0 Å². The molecule has 0 bridgehead atoms. The van der Waals surface area contributed by atoms with Gasteiger partial charge in [0.15, 0.2) is 5.82 Å². The van der Waals surface area contributed by atoms with Crippen LogP contribution in [0, 0.1) is 5.82 Å². The van der Waals surface area contributed by atoms with Crippen LogP contribution in [0.1, 0.15) is 27.3 Å².